The molecule has 0 radical (unpaired) electrons. The number of imidazole rings is 1. The zero-order valence-electron chi connectivity index (χ0n) is 15.4. The molecule has 1 aliphatic heterocycles. The number of hydrogen-bond donors (Lipinski definition) is 2. The highest BCUT2D eigenvalue weighted by molar-refractivity contribution is 5.79. The molecule has 0 unspecified atom stereocenters. The van der Waals surface area contributed by atoms with E-state index in [0.717, 1.165) is 4.57 Å². The molecule has 27 heavy (non-hydrogen) atoms. The van der Waals surface area contributed by atoms with Gasteiger partial charge >= 0.3 is 6.18 Å². The summed E-state index contributed by atoms with van der Waals surface area (Å²) in [7, 11) is 0. The van der Waals surface area contributed by atoms with E-state index in [-0.39, 0.29) is 31.8 Å². The van der Waals surface area contributed by atoms with Gasteiger partial charge in [0, 0.05) is 36.3 Å². The van der Waals surface area contributed by atoms with E-state index in [1.165, 1.54) is 6.20 Å². The zero-order valence-corrected chi connectivity index (χ0v) is 15.4. The van der Waals surface area contributed by atoms with Crippen LogP contribution in [0.25, 0.3) is 0 Å². The van der Waals surface area contributed by atoms with E-state index in [2.05, 4.69) is 10.3 Å². The molecule has 2 aromatic rings. The van der Waals surface area contributed by atoms with Crippen molar-refractivity contribution in [1.82, 2.24) is 14.9 Å². The predicted molar refractivity (Wildman–Crippen MR) is 89.8 cm³/mol. The summed E-state index contributed by atoms with van der Waals surface area (Å²) < 4.78 is 45.3. The third-order valence-electron chi connectivity index (χ3n) is 4.95. The number of fused-ring (bicyclic) bond motifs is 1. The first-order valence-electron chi connectivity index (χ1n) is 8.68. The Balaban J connectivity index is 1.64. The van der Waals surface area contributed by atoms with Gasteiger partial charge in [0.1, 0.15) is 17.1 Å². The Kier molecular flexibility index (Phi) is 4.83. The number of alkyl halides is 3. The number of carbonyl (C=O) groups is 1. The summed E-state index contributed by atoms with van der Waals surface area (Å²) in [5.41, 5.74) is -0.323. The van der Waals surface area contributed by atoms with Gasteiger partial charge in [-0.3, -0.25) is 4.79 Å². The number of carbonyl (C=O) groups excluding carboxylic acids is 1. The smallest absolute Gasteiger partial charge is 0.449 e. The van der Waals surface area contributed by atoms with Gasteiger partial charge in [-0.05, 0) is 33.3 Å². The minimum absolute atomic E-state index is 0.0186. The normalized spacial score (nSPS) is 19.4. The summed E-state index contributed by atoms with van der Waals surface area (Å²) >= 11 is 0. The maximum Gasteiger partial charge on any atom is 0.449 e. The summed E-state index contributed by atoms with van der Waals surface area (Å²) in [5.74, 6) is -0.444. The number of aryl methyl sites for hydroxylation is 2. The van der Waals surface area contributed by atoms with E-state index in [4.69, 9.17) is 4.42 Å². The Bertz CT molecular complexity index is 852. The van der Waals surface area contributed by atoms with Crippen molar-refractivity contribution < 1.29 is 27.5 Å². The first-order chi connectivity index (χ1) is 12.5. The minimum Gasteiger partial charge on any atom is -0.466 e. The summed E-state index contributed by atoms with van der Waals surface area (Å²) in [6.45, 7) is 5.15. The molecule has 2 N–H and O–H groups in total. The van der Waals surface area contributed by atoms with Crippen LogP contribution in [0.2, 0.25) is 0 Å². The van der Waals surface area contributed by atoms with Crippen LogP contribution in [0.15, 0.2) is 16.7 Å². The van der Waals surface area contributed by atoms with Crippen molar-refractivity contribution in [2.45, 2.75) is 51.9 Å². The lowest BCUT2D eigenvalue weighted by Gasteiger charge is -2.27. The molecule has 2 atom stereocenters. The number of aliphatic hydroxyl groups is 1. The molecule has 0 saturated carbocycles. The van der Waals surface area contributed by atoms with E-state index in [1.54, 1.807) is 26.8 Å². The van der Waals surface area contributed by atoms with Gasteiger partial charge in [0.2, 0.25) is 11.7 Å². The molecule has 9 heteroatoms. The fourth-order valence-electron chi connectivity index (χ4n) is 3.58. The monoisotopic (exact) mass is 385 g/mol. The summed E-state index contributed by atoms with van der Waals surface area (Å²) in [5, 5.41) is 13.4. The number of furan rings is 1. The molecule has 0 spiro atoms. The Labute approximate surface area is 154 Å². The Hall–Kier alpha value is -2.29. The molecule has 0 saturated heterocycles. The lowest BCUT2D eigenvalue weighted by Crippen LogP contribution is -2.43. The van der Waals surface area contributed by atoms with Crippen LogP contribution >= 0.6 is 0 Å². The Morgan fingerprint density at radius 2 is 2.15 bits per heavy atom. The van der Waals surface area contributed by atoms with Crippen LogP contribution in [0.3, 0.4) is 0 Å². The highest BCUT2D eigenvalue weighted by Crippen LogP contribution is 2.32. The average molecular weight is 385 g/mol. The van der Waals surface area contributed by atoms with Crippen LogP contribution in [0.5, 0.6) is 0 Å². The molecule has 0 aliphatic carbocycles. The summed E-state index contributed by atoms with van der Waals surface area (Å²) in [6.07, 6.45) is -2.87. The molecule has 6 nitrogen and oxygen atoms in total. The molecule has 3 heterocycles. The van der Waals surface area contributed by atoms with E-state index in [0.29, 0.717) is 22.8 Å². The van der Waals surface area contributed by atoms with Crippen molar-refractivity contribution in [3.8, 4) is 0 Å². The van der Waals surface area contributed by atoms with Crippen LogP contribution in [0.1, 0.15) is 41.9 Å². The second kappa shape index (κ2) is 6.70. The Morgan fingerprint density at radius 3 is 2.74 bits per heavy atom. The first-order valence-corrected chi connectivity index (χ1v) is 8.68. The van der Waals surface area contributed by atoms with Crippen molar-refractivity contribution >= 4 is 5.91 Å². The predicted octanol–water partition coefficient (Wildman–Crippen LogP) is 2.70. The fraction of sp³-hybridized carbons (Fsp3) is 0.556. The number of nitrogens with one attached hydrogen (secondary N) is 1. The van der Waals surface area contributed by atoms with Crippen molar-refractivity contribution in [2.75, 3.05) is 6.54 Å². The van der Waals surface area contributed by atoms with Gasteiger partial charge in [0.25, 0.3) is 0 Å². The van der Waals surface area contributed by atoms with Crippen LogP contribution in [0, 0.1) is 19.8 Å². The number of hydrogen-bond acceptors (Lipinski definition) is 4. The topological polar surface area (TPSA) is 80.3 Å². The maximum atomic E-state index is 12.9. The number of aromatic nitrogens is 2. The molecule has 0 bridgehead atoms. The highest BCUT2D eigenvalue weighted by Gasteiger charge is 2.39. The molecule has 1 aliphatic rings. The second-order valence-corrected chi connectivity index (χ2v) is 7.23. The van der Waals surface area contributed by atoms with Gasteiger partial charge in [-0.2, -0.15) is 13.2 Å². The largest absolute Gasteiger partial charge is 0.466 e. The van der Waals surface area contributed by atoms with E-state index in [1.807, 2.05) is 0 Å². The number of halogens is 3. The maximum absolute atomic E-state index is 12.9. The van der Waals surface area contributed by atoms with Crippen molar-refractivity contribution in [2.24, 2.45) is 5.92 Å². The lowest BCUT2D eigenvalue weighted by molar-refractivity contribution is -0.147. The molecule has 3 rings (SSSR count). The minimum atomic E-state index is -4.51. The second-order valence-electron chi connectivity index (χ2n) is 7.23. The van der Waals surface area contributed by atoms with E-state index >= 15 is 0 Å². The van der Waals surface area contributed by atoms with Gasteiger partial charge in [-0.1, -0.05) is 0 Å². The average Bonchev–Trinajstić information content (AvgIpc) is 3.14. The molecule has 0 fully saturated rings. The summed E-state index contributed by atoms with van der Waals surface area (Å²) in [4.78, 5) is 15.9. The van der Waals surface area contributed by atoms with E-state index < -0.39 is 23.5 Å². The van der Waals surface area contributed by atoms with Crippen LogP contribution < -0.4 is 5.32 Å². The third-order valence-corrected chi connectivity index (χ3v) is 4.95. The quantitative estimate of drug-likeness (QED) is 0.848. The molecule has 0 aromatic carbocycles. The molecular formula is C18H22F3N3O3. The molecule has 2 aromatic heterocycles. The van der Waals surface area contributed by atoms with Gasteiger partial charge < -0.3 is 19.4 Å². The number of rotatable bonds is 4. The van der Waals surface area contributed by atoms with Gasteiger partial charge in [-0.15, -0.1) is 0 Å². The first kappa shape index (κ1) is 19.5. The van der Waals surface area contributed by atoms with Crippen molar-refractivity contribution in [3.63, 3.8) is 0 Å². The zero-order chi connectivity index (χ0) is 20.0. The van der Waals surface area contributed by atoms with Gasteiger partial charge in [0.05, 0.1) is 6.54 Å². The van der Waals surface area contributed by atoms with E-state index in [9.17, 15) is 23.1 Å². The van der Waals surface area contributed by atoms with Crippen LogP contribution in [0.4, 0.5) is 13.2 Å². The fourth-order valence-corrected chi connectivity index (χ4v) is 3.58. The summed E-state index contributed by atoms with van der Waals surface area (Å²) in [6, 6.07) is 1.72. The van der Waals surface area contributed by atoms with Crippen LogP contribution in [-0.2, 0) is 29.5 Å². The van der Waals surface area contributed by atoms with Gasteiger partial charge in [-0.25, -0.2) is 4.98 Å². The van der Waals surface area contributed by atoms with Gasteiger partial charge in [0.15, 0.2) is 0 Å². The van der Waals surface area contributed by atoms with Crippen LogP contribution in [-0.4, -0.2) is 27.1 Å². The number of nitrogens with zero attached hydrogens (tertiary/aromatic N) is 2. The lowest BCUT2D eigenvalue weighted by atomic mass is 9.93. The van der Waals surface area contributed by atoms with Crippen molar-refractivity contribution in [3.05, 3.63) is 40.9 Å². The number of amides is 1. The SMILES string of the molecule is Cc1cc([C@@](C)(O)CNC(=O)[C@H]2CCn3c(cnc3C(F)(F)F)C2)c(C)o1. The standard InChI is InChI=1S/C18H22F3N3O3/c1-10-6-14(11(2)27-10)17(3,26)9-23-15(25)12-4-5-24-13(7-12)8-22-16(24)18(19,20)21/h6,8,12,26H,4-5,7,9H2,1-3H3,(H,23,25)/t12-,17-/m0/s1. The molecule has 148 valence electrons. The molecular weight excluding hydrogens is 363 g/mol. The Morgan fingerprint density at radius 1 is 1.44 bits per heavy atom. The highest BCUT2D eigenvalue weighted by atomic mass is 19.4. The molecule has 1 amide bonds. The van der Waals surface area contributed by atoms with Crippen molar-refractivity contribution in [1.29, 1.82) is 0 Å². The third kappa shape index (κ3) is 3.87.